The van der Waals surface area contributed by atoms with E-state index in [1.165, 1.54) is 6.92 Å². The van der Waals surface area contributed by atoms with Gasteiger partial charge < -0.3 is 10.2 Å². The summed E-state index contributed by atoms with van der Waals surface area (Å²) < 4.78 is 0. The number of carbonyl (C=O) groups excluding carboxylic acids is 2. The molecule has 0 aliphatic carbocycles. The summed E-state index contributed by atoms with van der Waals surface area (Å²) in [5.74, 6) is 0.0814. The maximum Gasteiger partial charge on any atom is 0.227 e. The van der Waals surface area contributed by atoms with Gasteiger partial charge in [-0.25, -0.2) is 0 Å². The quantitative estimate of drug-likeness (QED) is 0.662. The maximum absolute atomic E-state index is 11.6. The van der Waals surface area contributed by atoms with Crippen molar-refractivity contribution in [3.63, 3.8) is 0 Å². The average Bonchev–Trinajstić information content (AvgIpc) is 1.75. The summed E-state index contributed by atoms with van der Waals surface area (Å²) in [4.78, 5) is 24.1. The van der Waals surface area contributed by atoms with Crippen LogP contribution >= 0.6 is 0 Å². The van der Waals surface area contributed by atoms with Gasteiger partial charge in [-0.1, -0.05) is 0 Å². The van der Waals surface area contributed by atoms with Gasteiger partial charge >= 0.3 is 0 Å². The van der Waals surface area contributed by atoms with Gasteiger partial charge in [0.2, 0.25) is 11.8 Å². The Morgan fingerprint density at radius 2 is 1.79 bits per heavy atom. The molecule has 4 heteroatoms. The van der Waals surface area contributed by atoms with Crippen LogP contribution in [0.3, 0.4) is 0 Å². The second kappa shape index (κ2) is 3.59. The highest BCUT2D eigenvalue weighted by Gasteiger charge is 2.35. The summed E-state index contributed by atoms with van der Waals surface area (Å²) in [6, 6.07) is 0. The molecular formula is C10H18N2O2. The first-order valence-corrected chi connectivity index (χ1v) is 4.87. The molecule has 1 saturated heterocycles. The van der Waals surface area contributed by atoms with E-state index in [0.717, 1.165) is 0 Å². The minimum atomic E-state index is -0.187. The molecule has 2 amide bonds. The molecule has 4 nitrogen and oxygen atoms in total. The van der Waals surface area contributed by atoms with Crippen molar-refractivity contribution >= 4 is 11.8 Å². The van der Waals surface area contributed by atoms with Gasteiger partial charge in [0.1, 0.15) is 0 Å². The Labute approximate surface area is 84.7 Å². The van der Waals surface area contributed by atoms with E-state index in [1.807, 2.05) is 20.8 Å². The number of likely N-dealkylation sites (tertiary alicyclic amines) is 1. The van der Waals surface area contributed by atoms with Crippen LogP contribution in [0.15, 0.2) is 0 Å². The van der Waals surface area contributed by atoms with E-state index < -0.39 is 0 Å². The summed E-state index contributed by atoms with van der Waals surface area (Å²) in [7, 11) is 0. The van der Waals surface area contributed by atoms with Gasteiger partial charge in [-0.05, 0) is 20.8 Å². The fourth-order valence-corrected chi connectivity index (χ4v) is 1.37. The molecular weight excluding hydrogens is 180 g/mol. The second-order valence-corrected chi connectivity index (χ2v) is 4.86. The average molecular weight is 198 g/mol. The Morgan fingerprint density at radius 1 is 1.29 bits per heavy atom. The number of rotatable bonds is 1. The van der Waals surface area contributed by atoms with Crippen LogP contribution < -0.4 is 5.32 Å². The first-order valence-electron chi connectivity index (χ1n) is 4.87. The largest absolute Gasteiger partial charge is 0.351 e. The molecule has 0 unspecified atom stereocenters. The Balaban J connectivity index is 2.34. The molecule has 1 rings (SSSR count). The molecule has 0 bridgehead atoms. The zero-order valence-electron chi connectivity index (χ0n) is 9.26. The Hall–Kier alpha value is -1.06. The smallest absolute Gasteiger partial charge is 0.227 e. The number of nitrogens with zero attached hydrogens (tertiary/aromatic N) is 1. The van der Waals surface area contributed by atoms with Crippen LogP contribution in [-0.4, -0.2) is 35.3 Å². The zero-order valence-corrected chi connectivity index (χ0v) is 9.26. The van der Waals surface area contributed by atoms with Crippen molar-refractivity contribution < 1.29 is 9.59 Å². The van der Waals surface area contributed by atoms with Gasteiger partial charge in [0.15, 0.2) is 0 Å². The van der Waals surface area contributed by atoms with E-state index in [2.05, 4.69) is 5.32 Å². The zero-order chi connectivity index (χ0) is 10.9. The third-order valence-corrected chi connectivity index (χ3v) is 2.20. The molecule has 0 radical (unpaired) electrons. The highest BCUT2D eigenvalue weighted by molar-refractivity contribution is 5.84. The molecule has 0 aromatic heterocycles. The number of nitrogens with one attached hydrogen (secondary N) is 1. The normalized spacial score (nSPS) is 17.6. The fraction of sp³-hybridized carbons (Fsp3) is 0.800. The van der Waals surface area contributed by atoms with E-state index in [4.69, 9.17) is 0 Å². The fourth-order valence-electron chi connectivity index (χ4n) is 1.37. The molecule has 1 heterocycles. The molecule has 80 valence electrons. The van der Waals surface area contributed by atoms with Crippen LogP contribution in [0, 0.1) is 5.92 Å². The van der Waals surface area contributed by atoms with E-state index in [1.54, 1.807) is 4.90 Å². The predicted molar refractivity (Wildman–Crippen MR) is 53.6 cm³/mol. The Kier molecular flexibility index (Phi) is 2.83. The van der Waals surface area contributed by atoms with Gasteiger partial charge in [-0.3, -0.25) is 9.59 Å². The van der Waals surface area contributed by atoms with Crippen LogP contribution in [0.5, 0.6) is 0 Å². The summed E-state index contributed by atoms with van der Waals surface area (Å²) in [5, 5.41) is 2.90. The summed E-state index contributed by atoms with van der Waals surface area (Å²) in [5.41, 5.74) is -0.187. The van der Waals surface area contributed by atoms with Crippen molar-refractivity contribution in [1.29, 1.82) is 0 Å². The highest BCUT2D eigenvalue weighted by Crippen LogP contribution is 2.16. The van der Waals surface area contributed by atoms with Crippen LogP contribution in [0.25, 0.3) is 0 Å². The van der Waals surface area contributed by atoms with Crippen molar-refractivity contribution in [3.05, 3.63) is 0 Å². The Morgan fingerprint density at radius 3 is 2.14 bits per heavy atom. The molecule has 0 aromatic carbocycles. The molecule has 1 N–H and O–H groups in total. The minimum Gasteiger partial charge on any atom is -0.351 e. The summed E-state index contributed by atoms with van der Waals surface area (Å²) in [6.07, 6.45) is 0. The third kappa shape index (κ3) is 2.72. The molecule has 0 atom stereocenters. The molecule has 0 aromatic rings. The number of hydrogen-bond donors (Lipinski definition) is 1. The SMILES string of the molecule is CC(=O)N1CC(C(=O)NC(C)(C)C)C1. The maximum atomic E-state index is 11.6. The third-order valence-electron chi connectivity index (χ3n) is 2.20. The molecule has 14 heavy (non-hydrogen) atoms. The van der Waals surface area contributed by atoms with Crippen molar-refractivity contribution in [3.8, 4) is 0 Å². The van der Waals surface area contributed by atoms with Gasteiger partial charge in [0.25, 0.3) is 0 Å². The van der Waals surface area contributed by atoms with Crippen LogP contribution in [0.4, 0.5) is 0 Å². The standard InChI is InChI=1S/C10H18N2O2/c1-7(13)12-5-8(6-12)9(14)11-10(2,3)4/h8H,5-6H2,1-4H3,(H,11,14). The van der Waals surface area contributed by atoms with Gasteiger partial charge in [-0.15, -0.1) is 0 Å². The summed E-state index contributed by atoms with van der Waals surface area (Å²) >= 11 is 0. The molecule has 1 aliphatic rings. The summed E-state index contributed by atoms with van der Waals surface area (Å²) in [6.45, 7) is 8.51. The highest BCUT2D eigenvalue weighted by atomic mass is 16.2. The number of carbonyl (C=O) groups is 2. The van der Waals surface area contributed by atoms with Crippen LogP contribution in [0.1, 0.15) is 27.7 Å². The second-order valence-electron chi connectivity index (χ2n) is 4.86. The molecule has 1 fully saturated rings. The van der Waals surface area contributed by atoms with E-state index in [9.17, 15) is 9.59 Å². The lowest BCUT2D eigenvalue weighted by atomic mass is 9.97. The van der Waals surface area contributed by atoms with Crippen molar-refractivity contribution in [1.82, 2.24) is 10.2 Å². The molecule has 0 spiro atoms. The van der Waals surface area contributed by atoms with Crippen molar-refractivity contribution in [2.24, 2.45) is 5.92 Å². The topological polar surface area (TPSA) is 49.4 Å². The minimum absolute atomic E-state index is 0.0156. The lowest BCUT2D eigenvalue weighted by molar-refractivity contribution is -0.141. The molecule has 1 aliphatic heterocycles. The predicted octanol–water partition coefficient (Wildman–Crippen LogP) is 0.379. The monoisotopic (exact) mass is 198 g/mol. The van der Waals surface area contributed by atoms with Gasteiger partial charge in [0, 0.05) is 25.6 Å². The Bertz CT molecular complexity index is 249. The lowest BCUT2D eigenvalue weighted by Gasteiger charge is -2.38. The van der Waals surface area contributed by atoms with Gasteiger partial charge in [0.05, 0.1) is 5.92 Å². The first kappa shape index (κ1) is 11.0. The first-order chi connectivity index (χ1) is 6.29. The van der Waals surface area contributed by atoms with Crippen LogP contribution in [-0.2, 0) is 9.59 Å². The lowest BCUT2D eigenvalue weighted by Crippen LogP contribution is -2.57. The van der Waals surface area contributed by atoms with Crippen LogP contribution in [0.2, 0.25) is 0 Å². The van der Waals surface area contributed by atoms with E-state index in [-0.39, 0.29) is 23.3 Å². The van der Waals surface area contributed by atoms with Crippen molar-refractivity contribution in [2.75, 3.05) is 13.1 Å². The van der Waals surface area contributed by atoms with E-state index in [0.29, 0.717) is 13.1 Å². The van der Waals surface area contributed by atoms with Crippen molar-refractivity contribution in [2.45, 2.75) is 33.2 Å². The number of hydrogen-bond acceptors (Lipinski definition) is 2. The van der Waals surface area contributed by atoms with Gasteiger partial charge in [-0.2, -0.15) is 0 Å². The molecule has 0 saturated carbocycles. The van der Waals surface area contributed by atoms with E-state index >= 15 is 0 Å². The number of amides is 2.